The zero-order valence-corrected chi connectivity index (χ0v) is 10.9. The van der Waals surface area contributed by atoms with Crippen molar-refractivity contribution in [2.75, 3.05) is 0 Å². The van der Waals surface area contributed by atoms with Gasteiger partial charge in [-0.1, -0.05) is 13.8 Å². The van der Waals surface area contributed by atoms with E-state index in [1.165, 1.54) is 12.1 Å². The second kappa shape index (κ2) is 6.18. The van der Waals surface area contributed by atoms with Crippen LogP contribution in [0.15, 0.2) is 30.7 Å². The molecular formula is C14H19FN2. The Morgan fingerprint density at radius 3 is 2.53 bits per heavy atom. The molecule has 2 rings (SSSR count). The Bertz CT molecular complexity index is 475. The van der Waals surface area contributed by atoms with Gasteiger partial charge in [-0.05, 0) is 37.6 Å². The van der Waals surface area contributed by atoms with Gasteiger partial charge in [0.1, 0.15) is 5.82 Å². The first-order valence-corrected chi connectivity index (χ1v) is 5.99. The van der Waals surface area contributed by atoms with Crippen LogP contribution in [0.4, 0.5) is 4.39 Å². The first-order valence-electron chi connectivity index (χ1n) is 5.99. The van der Waals surface area contributed by atoms with Gasteiger partial charge in [-0.15, -0.1) is 0 Å². The Kier molecular flexibility index (Phi) is 4.88. The van der Waals surface area contributed by atoms with Gasteiger partial charge in [-0.3, -0.25) is 0 Å². The Morgan fingerprint density at radius 1 is 1.29 bits per heavy atom. The summed E-state index contributed by atoms with van der Waals surface area (Å²) in [5, 5.41) is 0. The molecule has 0 aliphatic heterocycles. The number of benzene rings is 1. The van der Waals surface area contributed by atoms with E-state index >= 15 is 0 Å². The highest BCUT2D eigenvalue weighted by atomic mass is 19.1. The van der Waals surface area contributed by atoms with Crippen LogP contribution < -0.4 is 0 Å². The number of rotatable bonds is 2. The molecule has 17 heavy (non-hydrogen) atoms. The molecule has 0 N–H and O–H groups in total. The third-order valence-corrected chi connectivity index (χ3v) is 2.46. The number of hydrogen-bond donors (Lipinski definition) is 0. The van der Waals surface area contributed by atoms with Gasteiger partial charge in [0.25, 0.3) is 0 Å². The van der Waals surface area contributed by atoms with Gasteiger partial charge >= 0.3 is 0 Å². The topological polar surface area (TPSA) is 17.8 Å². The number of aromatic nitrogens is 2. The maximum atomic E-state index is 12.9. The lowest BCUT2D eigenvalue weighted by Gasteiger charge is -2.01. The third-order valence-electron chi connectivity index (χ3n) is 2.46. The largest absolute Gasteiger partial charge is 0.337 e. The van der Waals surface area contributed by atoms with Crippen molar-refractivity contribution in [2.24, 2.45) is 0 Å². The van der Waals surface area contributed by atoms with Crippen LogP contribution in [0, 0.1) is 12.7 Å². The molecule has 0 radical (unpaired) electrons. The van der Waals surface area contributed by atoms with Crippen LogP contribution in [0.3, 0.4) is 0 Å². The zero-order valence-electron chi connectivity index (χ0n) is 10.9. The number of halogens is 1. The van der Waals surface area contributed by atoms with Gasteiger partial charge in [0, 0.05) is 18.3 Å². The van der Waals surface area contributed by atoms with Crippen molar-refractivity contribution in [3.8, 4) is 11.3 Å². The van der Waals surface area contributed by atoms with Crippen LogP contribution in [0.5, 0.6) is 0 Å². The van der Waals surface area contributed by atoms with E-state index in [0.29, 0.717) is 0 Å². The van der Waals surface area contributed by atoms with E-state index in [1.807, 2.05) is 31.5 Å². The van der Waals surface area contributed by atoms with E-state index in [2.05, 4.69) is 11.9 Å². The van der Waals surface area contributed by atoms with Crippen molar-refractivity contribution in [3.63, 3.8) is 0 Å². The molecule has 0 unspecified atom stereocenters. The molecular weight excluding hydrogens is 215 g/mol. The maximum absolute atomic E-state index is 12.9. The fourth-order valence-electron chi connectivity index (χ4n) is 1.59. The van der Waals surface area contributed by atoms with Crippen LogP contribution in [0.1, 0.15) is 26.3 Å². The summed E-state index contributed by atoms with van der Waals surface area (Å²) in [6.07, 6.45) is 3.76. The highest BCUT2D eigenvalue weighted by Gasteiger charge is 2.05. The molecule has 0 aliphatic rings. The van der Waals surface area contributed by atoms with Crippen LogP contribution in [-0.2, 0) is 6.54 Å². The molecule has 3 heteroatoms. The number of hydrogen-bond acceptors (Lipinski definition) is 1. The summed E-state index contributed by atoms with van der Waals surface area (Å²) in [7, 11) is 0. The van der Waals surface area contributed by atoms with Crippen LogP contribution in [0.2, 0.25) is 0 Å². The summed E-state index contributed by atoms with van der Waals surface area (Å²) in [6, 6.07) is 4.76. The minimum Gasteiger partial charge on any atom is -0.337 e. The van der Waals surface area contributed by atoms with Gasteiger partial charge in [-0.25, -0.2) is 9.37 Å². The molecule has 2 aromatic rings. The Labute approximate surface area is 102 Å². The van der Waals surface area contributed by atoms with Crippen LogP contribution >= 0.6 is 0 Å². The monoisotopic (exact) mass is 234 g/mol. The Balaban J connectivity index is 0.000000686. The highest BCUT2D eigenvalue weighted by molar-refractivity contribution is 5.62. The fourth-order valence-corrected chi connectivity index (χ4v) is 1.59. The molecule has 0 fully saturated rings. The normalized spacial score (nSPS) is 9.71. The Morgan fingerprint density at radius 2 is 2.00 bits per heavy atom. The van der Waals surface area contributed by atoms with E-state index in [0.717, 1.165) is 23.4 Å². The summed E-state index contributed by atoms with van der Waals surface area (Å²) >= 11 is 0. The molecule has 0 bridgehead atoms. The van der Waals surface area contributed by atoms with Gasteiger partial charge in [0.05, 0.1) is 12.0 Å². The van der Waals surface area contributed by atoms with E-state index in [-0.39, 0.29) is 5.82 Å². The second-order valence-corrected chi connectivity index (χ2v) is 3.55. The van der Waals surface area contributed by atoms with E-state index in [1.54, 1.807) is 12.4 Å². The average molecular weight is 234 g/mol. The van der Waals surface area contributed by atoms with Crippen molar-refractivity contribution >= 4 is 0 Å². The van der Waals surface area contributed by atoms with Crippen molar-refractivity contribution in [3.05, 3.63) is 42.1 Å². The molecule has 0 saturated heterocycles. The SMILES string of the molecule is CC.CCn1cnc(-c2ccc(F)cc2C)c1. The molecule has 92 valence electrons. The first-order chi connectivity index (χ1) is 8.20. The molecule has 1 aromatic heterocycles. The van der Waals surface area contributed by atoms with E-state index in [9.17, 15) is 4.39 Å². The molecule has 0 amide bonds. The Hall–Kier alpha value is -1.64. The predicted molar refractivity (Wildman–Crippen MR) is 69.4 cm³/mol. The fraction of sp³-hybridized carbons (Fsp3) is 0.357. The average Bonchev–Trinajstić information content (AvgIpc) is 2.80. The lowest BCUT2D eigenvalue weighted by atomic mass is 10.1. The minimum absolute atomic E-state index is 0.203. The lowest BCUT2D eigenvalue weighted by molar-refractivity contribution is 0.627. The molecule has 0 aliphatic carbocycles. The van der Waals surface area contributed by atoms with Gasteiger partial charge < -0.3 is 4.57 Å². The van der Waals surface area contributed by atoms with Crippen LogP contribution in [0.25, 0.3) is 11.3 Å². The van der Waals surface area contributed by atoms with Gasteiger partial charge in [-0.2, -0.15) is 0 Å². The summed E-state index contributed by atoms with van der Waals surface area (Å²) < 4.78 is 14.9. The molecule has 2 nitrogen and oxygen atoms in total. The van der Waals surface area contributed by atoms with Crippen molar-refractivity contribution < 1.29 is 4.39 Å². The summed E-state index contributed by atoms with van der Waals surface area (Å²) in [5.74, 6) is -0.203. The molecule has 0 spiro atoms. The predicted octanol–water partition coefficient (Wildman–Crippen LogP) is 4.04. The van der Waals surface area contributed by atoms with Crippen molar-refractivity contribution in [1.82, 2.24) is 9.55 Å². The third kappa shape index (κ3) is 3.16. The van der Waals surface area contributed by atoms with Gasteiger partial charge in [0.15, 0.2) is 0 Å². The number of aryl methyl sites for hydroxylation is 2. The molecule has 1 aromatic carbocycles. The van der Waals surface area contributed by atoms with Crippen LogP contribution in [-0.4, -0.2) is 9.55 Å². The van der Waals surface area contributed by atoms with E-state index in [4.69, 9.17) is 0 Å². The summed E-state index contributed by atoms with van der Waals surface area (Å²) in [5.41, 5.74) is 2.80. The molecule has 0 atom stereocenters. The number of nitrogens with zero attached hydrogens (tertiary/aromatic N) is 2. The number of imidazole rings is 1. The smallest absolute Gasteiger partial charge is 0.123 e. The second-order valence-electron chi connectivity index (χ2n) is 3.55. The highest BCUT2D eigenvalue weighted by Crippen LogP contribution is 2.21. The van der Waals surface area contributed by atoms with Crippen molar-refractivity contribution in [2.45, 2.75) is 34.2 Å². The van der Waals surface area contributed by atoms with E-state index < -0.39 is 0 Å². The summed E-state index contributed by atoms with van der Waals surface area (Å²) in [4.78, 5) is 4.29. The first kappa shape index (κ1) is 13.4. The van der Waals surface area contributed by atoms with Gasteiger partial charge in [0.2, 0.25) is 0 Å². The quantitative estimate of drug-likeness (QED) is 0.766. The summed E-state index contributed by atoms with van der Waals surface area (Å²) in [6.45, 7) is 8.85. The zero-order chi connectivity index (χ0) is 12.8. The lowest BCUT2D eigenvalue weighted by Crippen LogP contribution is -1.87. The molecule has 1 heterocycles. The molecule has 0 saturated carbocycles. The maximum Gasteiger partial charge on any atom is 0.123 e. The minimum atomic E-state index is -0.203. The van der Waals surface area contributed by atoms with Crippen molar-refractivity contribution in [1.29, 1.82) is 0 Å². The standard InChI is InChI=1S/C12H13FN2.C2H6/c1-3-15-7-12(14-8-15)11-5-4-10(13)6-9(11)2;1-2/h4-8H,3H2,1-2H3;1-2H3.